The van der Waals surface area contributed by atoms with Crippen LogP contribution in [0.5, 0.6) is 0 Å². The maximum atomic E-state index is 13.4. The minimum absolute atomic E-state index is 0.136. The molecule has 0 fully saturated rings. The molecule has 0 saturated heterocycles. The van der Waals surface area contributed by atoms with Gasteiger partial charge >= 0.3 is 0 Å². The van der Waals surface area contributed by atoms with E-state index in [4.69, 9.17) is 5.73 Å². The number of hydrogen-bond acceptors (Lipinski definition) is 3. The summed E-state index contributed by atoms with van der Waals surface area (Å²) in [5, 5.41) is 0. The number of benzene rings is 1. The fourth-order valence-electron chi connectivity index (χ4n) is 1.42. The second-order valence-corrected chi connectivity index (χ2v) is 6.89. The van der Waals surface area contributed by atoms with Crippen molar-refractivity contribution in [2.24, 2.45) is 5.73 Å². The minimum atomic E-state index is -3.12. The van der Waals surface area contributed by atoms with Gasteiger partial charge in [0.2, 0.25) is 0 Å². The van der Waals surface area contributed by atoms with E-state index in [0.29, 0.717) is 10.0 Å². The van der Waals surface area contributed by atoms with Gasteiger partial charge in [0.05, 0.1) is 5.75 Å². The Kier molecular flexibility index (Phi) is 4.46. The summed E-state index contributed by atoms with van der Waals surface area (Å²) in [5.74, 6) is -0.513. The molecule has 0 aromatic heterocycles. The van der Waals surface area contributed by atoms with Gasteiger partial charge in [0.1, 0.15) is 15.7 Å². The van der Waals surface area contributed by atoms with Crippen LogP contribution in [0.15, 0.2) is 22.7 Å². The second kappa shape index (κ2) is 5.25. The van der Waals surface area contributed by atoms with Crippen LogP contribution in [0.25, 0.3) is 0 Å². The van der Waals surface area contributed by atoms with Gasteiger partial charge in [-0.1, -0.05) is 22.0 Å². The molecular weight excluding hydrogens is 297 g/mol. The van der Waals surface area contributed by atoms with Gasteiger partial charge in [-0.3, -0.25) is 0 Å². The van der Waals surface area contributed by atoms with Crippen molar-refractivity contribution in [3.05, 3.63) is 34.1 Å². The fraction of sp³-hybridized carbons (Fsp3) is 0.400. The summed E-state index contributed by atoms with van der Waals surface area (Å²) in [5.41, 5.74) is 6.07. The number of halogens is 2. The van der Waals surface area contributed by atoms with Crippen LogP contribution in [0.4, 0.5) is 4.39 Å². The first-order chi connectivity index (χ1) is 7.28. The highest BCUT2D eigenvalue weighted by Crippen LogP contribution is 2.16. The zero-order valence-corrected chi connectivity index (χ0v) is 11.2. The van der Waals surface area contributed by atoms with Crippen LogP contribution in [0.2, 0.25) is 0 Å². The topological polar surface area (TPSA) is 60.2 Å². The fourth-order valence-corrected chi connectivity index (χ4v) is 2.65. The van der Waals surface area contributed by atoms with Crippen molar-refractivity contribution in [1.82, 2.24) is 0 Å². The molecule has 0 heterocycles. The molecule has 1 unspecified atom stereocenters. The molecule has 0 radical (unpaired) electrons. The molecule has 0 aliphatic heterocycles. The van der Waals surface area contributed by atoms with Crippen molar-refractivity contribution in [3.63, 3.8) is 0 Å². The first-order valence-corrected chi connectivity index (χ1v) is 7.50. The molecule has 0 aliphatic carbocycles. The van der Waals surface area contributed by atoms with Gasteiger partial charge in [-0.25, -0.2) is 12.8 Å². The van der Waals surface area contributed by atoms with Crippen LogP contribution in [0.1, 0.15) is 5.56 Å². The van der Waals surface area contributed by atoms with Crippen molar-refractivity contribution >= 4 is 25.8 Å². The number of sulfone groups is 1. The molecule has 1 aromatic rings. The predicted octanol–water partition coefficient (Wildman–Crippen LogP) is 1.50. The molecule has 1 atom stereocenters. The summed E-state index contributed by atoms with van der Waals surface area (Å²) in [6.07, 6.45) is 1.33. The van der Waals surface area contributed by atoms with Crippen LogP contribution in [0.3, 0.4) is 0 Å². The van der Waals surface area contributed by atoms with Crippen molar-refractivity contribution in [2.75, 3.05) is 12.0 Å². The van der Waals surface area contributed by atoms with Crippen molar-refractivity contribution in [2.45, 2.75) is 12.5 Å². The highest BCUT2D eigenvalue weighted by Gasteiger charge is 2.13. The molecule has 6 heteroatoms. The van der Waals surface area contributed by atoms with E-state index < -0.39 is 15.9 Å². The SMILES string of the molecule is CS(=O)(=O)CC(N)Cc1ccc(Br)cc1F. The normalized spacial score (nSPS) is 13.8. The van der Waals surface area contributed by atoms with Crippen LogP contribution in [-0.2, 0) is 16.3 Å². The first kappa shape index (κ1) is 13.6. The zero-order valence-electron chi connectivity index (χ0n) is 8.78. The number of nitrogens with two attached hydrogens (primary N) is 1. The lowest BCUT2D eigenvalue weighted by Crippen LogP contribution is -2.31. The van der Waals surface area contributed by atoms with E-state index in [1.807, 2.05) is 0 Å². The van der Waals surface area contributed by atoms with Crippen molar-refractivity contribution < 1.29 is 12.8 Å². The Morgan fingerprint density at radius 3 is 2.62 bits per heavy atom. The average Bonchev–Trinajstić information content (AvgIpc) is 2.06. The lowest BCUT2D eigenvalue weighted by molar-refractivity contribution is 0.579. The summed E-state index contributed by atoms with van der Waals surface area (Å²) in [6.45, 7) is 0. The number of hydrogen-bond donors (Lipinski definition) is 1. The Balaban J connectivity index is 2.73. The standard InChI is InChI=1S/C10H13BrFNO2S/c1-16(14,15)6-9(13)4-7-2-3-8(11)5-10(7)12/h2-3,5,9H,4,6,13H2,1H3. The molecule has 3 nitrogen and oxygen atoms in total. The van der Waals surface area contributed by atoms with Gasteiger partial charge < -0.3 is 5.73 Å². The Morgan fingerprint density at radius 1 is 1.50 bits per heavy atom. The Labute approximate surface area is 103 Å². The largest absolute Gasteiger partial charge is 0.326 e. The van der Waals surface area contributed by atoms with Gasteiger partial charge in [-0.2, -0.15) is 0 Å². The van der Waals surface area contributed by atoms with E-state index in [2.05, 4.69) is 15.9 Å². The molecular formula is C10H13BrFNO2S. The Morgan fingerprint density at radius 2 is 2.12 bits per heavy atom. The summed E-state index contributed by atoms with van der Waals surface area (Å²) >= 11 is 3.14. The first-order valence-electron chi connectivity index (χ1n) is 4.65. The second-order valence-electron chi connectivity index (χ2n) is 3.79. The van der Waals surface area contributed by atoms with Crippen molar-refractivity contribution in [3.8, 4) is 0 Å². The molecule has 1 rings (SSSR count). The molecule has 0 spiro atoms. The summed E-state index contributed by atoms with van der Waals surface area (Å²) in [6, 6.07) is 4.06. The van der Waals surface area contributed by atoms with Gasteiger partial charge in [0.15, 0.2) is 0 Å². The third-order valence-electron chi connectivity index (χ3n) is 2.01. The van der Waals surface area contributed by atoms with Crippen LogP contribution in [-0.4, -0.2) is 26.5 Å². The van der Waals surface area contributed by atoms with E-state index in [9.17, 15) is 12.8 Å². The van der Waals surface area contributed by atoms with Gasteiger partial charge in [-0.05, 0) is 24.1 Å². The van der Waals surface area contributed by atoms with Crippen LogP contribution < -0.4 is 5.73 Å². The molecule has 0 saturated carbocycles. The van der Waals surface area contributed by atoms with Gasteiger partial charge in [0.25, 0.3) is 0 Å². The Hall–Kier alpha value is -0.460. The van der Waals surface area contributed by atoms with E-state index in [1.165, 1.54) is 6.07 Å². The molecule has 2 N–H and O–H groups in total. The van der Waals surface area contributed by atoms with Crippen LogP contribution in [0, 0.1) is 5.82 Å². The maximum Gasteiger partial charge on any atom is 0.148 e. The maximum absolute atomic E-state index is 13.4. The third-order valence-corrected chi connectivity index (χ3v) is 3.54. The predicted molar refractivity (Wildman–Crippen MR) is 65.5 cm³/mol. The highest BCUT2D eigenvalue weighted by atomic mass is 79.9. The molecule has 0 aliphatic rings. The third kappa shape index (κ3) is 4.59. The van der Waals surface area contributed by atoms with Crippen molar-refractivity contribution in [1.29, 1.82) is 0 Å². The minimum Gasteiger partial charge on any atom is -0.326 e. The Bertz CT molecular complexity index is 476. The van der Waals surface area contributed by atoms with Crippen LogP contribution >= 0.6 is 15.9 Å². The average molecular weight is 310 g/mol. The molecule has 16 heavy (non-hydrogen) atoms. The van der Waals surface area contributed by atoms with Gasteiger partial charge in [-0.15, -0.1) is 0 Å². The van der Waals surface area contributed by atoms with E-state index in [-0.39, 0.29) is 18.0 Å². The quantitative estimate of drug-likeness (QED) is 0.917. The molecule has 0 amide bonds. The monoisotopic (exact) mass is 309 g/mol. The summed E-state index contributed by atoms with van der Waals surface area (Å²) in [4.78, 5) is 0. The molecule has 90 valence electrons. The lowest BCUT2D eigenvalue weighted by Gasteiger charge is -2.11. The summed E-state index contributed by atoms with van der Waals surface area (Å²) in [7, 11) is -3.12. The van der Waals surface area contributed by atoms with E-state index >= 15 is 0 Å². The smallest absolute Gasteiger partial charge is 0.148 e. The highest BCUT2D eigenvalue weighted by molar-refractivity contribution is 9.10. The zero-order chi connectivity index (χ0) is 12.3. The van der Waals surface area contributed by atoms with E-state index in [1.54, 1.807) is 12.1 Å². The van der Waals surface area contributed by atoms with E-state index in [0.717, 1.165) is 6.26 Å². The summed E-state index contributed by atoms with van der Waals surface area (Å²) < 4.78 is 36.0. The number of rotatable bonds is 4. The molecule has 1 aromatic carbocycles. The molecule has 0 bridgehead atoms. The van der Waals surface area contributed by atoms with Gasteiger partial charge in [0, 0.05) is 16.8 Å². The lowest BCUT2D eigenvalue weighted by atomic mass is 10.1.